The van der Waals surface area contributed by atoms with Crippen molar-refractivity contribution >= 4 is 5.91 Å². The van der Waals surface area contributed by atoms with Gasteiger partial charge in [-0.25, -0.2) is 0 Å². The number of nitrogens with one attached hydrogen (secondary N) is 1. The summed E-state index contributed by atoms with van der Waals surface area (Å²) in [5, 5.41) is 11.8. The van der Waals surface area contributed by atoms with Crippen LogP contribution in [-0.4, -0.2) is 36.9 Å². The summed E-state index contributed by atoms with van der Waals surface area (Å²) in [6, 6.07) is 5.51. The molecule has 0 unspecified atom stereocenters. The Balaban J connectivity index is 2.11. The van der Waals surface area contributed by atoms with Gasteiger partial charge in [0.2, 0.25) is 0 Å². The highest BCUT2D eigenvalue weighted by molar-refractivity contribution is 5.96. The number of aliphatic hydroxyl groups is 1. The lowest BCUT2D eigenvalue weighted by Crippen LogP contribution is -2.49. The number of carbonyl (C=O) groups is 1. The van der Waals surface area contributed by atoms with Crippen molar-refractivity contribution < 1.29 is 14.6 Å². The maximum absolute atomic E-state index is 12.3. The molecule has 1 aromatic carbocycles. The van der Waals surface area contributed by atoms with Gasteiger partial charge >= 0.3 is 0 Å². The smallest absolute Gasteiger partial charge is 0.252 e. The standard InChI is InChI=1S/C17H21NO3/c1-13-6-7-15(14(11-13)5-3-10-19)16(20)18-12-17(21-2)8-4-9-17/h6-7,11,19H,4,8-10,12H2,1-2H3,(H,18,20). The average molecular weight is 287 g/mol. The Bertz CT molecular complexity index is 574. The van der Waals surface area contributed by atoms with Gasteiger partial charge in [-0.1, -0.05) is 17.9 Å². The summed E-state index contributed by atoms with van der Waals surface area (Å²) in [6.45, 7) is 2.24. The molecule has 0 atom stereocenters. The van der Waals surface area contributed by atoms with Crippen molar-refractivity contribution in [1.82, 2.24) is 5.32 Å². The van der Waals surface area contributed by atoms with E-state index in [1.165, 1.54) is 0 Å². The van der Waals surface area contributed by atoms with E-state index in [1.807, 2.05) is 19.1 Å². The molecule has 1 aliphatic rings. The second-order valence-corrected chi connectivity index (χ2v) is 5.43. The minimum Gasteiger partial charge on any atom is -0.384 e. The van der Waals surface area contributed by atoms with Crippen LogP contribution in [0.25, 0.3) is 0 Å². The third-order valence-corrected chi connectivity index (χ3v) is 3.99. The number of ether oxygens (including phenoxy) is 1. The van der Waals surface area contributed by atoms with Crippen molar-refractivity contribution in [2.75, 3.05) is 20.3 Å². The third kappa shape index (κ3) is 3.63. The van der Waals surface area contributed by atoms with Crippen LogP contribution in [0.1, 0.15) is 40.7 Å². The van der Waals surface area contributed by atoms with Crippen molar-refractivity contribution in [3.05, 3.63) is 34.9 Å². The van der Waals surface area contributed by atoms with Crippen molar-refractivity contribution in [2.45, 2.75) is 31.8 Å². The van der Waals surface area contributed by atoms with Gasteiger partial charge in [-0.2, -0.15) is 0 Å². The molecule has 0 aliphatic heterocycles. The van der Waals surface area contributed by atoms with Gasteiger partial charge in [-0.3, -0.25) is 4.79 Å². The molecule has 0 heterocycles. The molecular weight excluding hydrogens is 266 g/mol. The van der Waals surface area contributed by atoms with Crippen molar-refractivity contribution in [3.63, 3.8) is 0 Å². The number of aryl methyl sites for hydroxylation is 1. The van der Waals surface area contributed by atoms with E-state index < -0.39 is 0 Å². The first-order chi connectivity index (χ1) is 10.1. The van der Waals surface area contributed by atoms with Gasteiger partial charge in [0.1, 0.15) is 6.61 Å². The second kappa shape index (κ2) is 6.75. The molecule has 112 valence electrons. The molecule has 2 rings (SSSR count). The Morgan fingerprint density at radius 2 is 2.24 bits per heavy atom. The van der Waals surface area contributed by atoms with E-state index in [9.17, 15) is 4.79 Å². The van der Waals surface area contributed by atoms with Gasteiger partial charge in [0.25, 0.3) is 5.91 Å². The van der Waals surface area contributed by atoms with Crippen molar-refractivity contribution in [3.8, 4) is 11.8 Å². The Morgan fingerprint density at radius 3 is 2.81 bits per heavy atom. The first-order valence-electron chi connectivity index (χ1n) is 7.14. The van der Waals surface area contributed by atoms with Crippen molar-refractivity contribution in [2.24, 2.45) is 0 Å². The van der Waals surface area contributed by atoms with Crippen LogP contribution in [-0.2, 0) is 4.74 Å². The Kier molecular flexibility index (Phi) is 5.00. The van der Waals surface area contributed by atoms with Crippen LogP contribution in [0.15, 0.2) is 18.2 Å². The second-order valence-electron chi connectivity index (χ2n) is 5.43. The molecule has 0 aromatic heterocycles. The van der Waals surface area contributed by atoms with Crippen LogP contribution >= 0.6 is 0 Å². The first kappa shape index (κ1) is 15.6. The monoisotopic (exact) mass is 287 g/mol. The summed E-state index contributed by atoms with van der Waals surface area (Å²) >= 11 is 0. The summed E-state index contributed by atoms with van der Waals surface area (Å²) < 4.78 is 5.50. The van der Waals surface area contributed by atoms with Gasteiger partial charge in [-0.05, 0) is 43.9 Å². The number of rotatable bonds is 4. The normalized spacial score (nSPS) is 15.6. The number of carbonyl (C=O) groups excluding carboxylic acids is 1. The number of hydrogen-bond donors (Lipinski definition) is 2. The predicted octanol–water partition coefficient (Wildman–Crippen LogP) is 1.64. The molecule has 4 heteroatoms. The molecule has 1 amide bonds. The summed E-state index contributed by atoms with van der Waals surface area (Å²) in [4.78, 5) is 12.3. The number of benzene rings is 1. The maximum atomic E-state index is 12.3. The fourth-order valence-electron chi connectivity index (χ4n) is 2.46. The van der Waals surface area contributed by atoms with Crippen LogP contribution in [0.2, 0.25) is 0 Å². The fourth-order valence-corrected chi connectivity index (χ4v) is 2.46. The summed E-state index contributed by atoms with van der Waals surface area (Å²) in [5.41, 5.74) is 2.01. The molecule has 0 bridgehead atoms. The molecule has 0 saturated heterocycles. The molecular formula is C17H21NO3. The predicted molar refractivity (Wildman–Crippen MR) is 81.1 cm³/mol. The Morgan fingerprint density at radius 1 is 1.48 bits per heavy atom. The minimum atomic E-state index is -0.220. The molecule has 1 saturated carbocycles. The number of aliphatic hydroxyl groups excluding tert-OH is 1. The van der Waals surface area contributed by atoms with Crippen LogP contribution in [0.4, 0.5) is 0 Å². The lowest BCUT2D eigenvalue weighted by molar-refractivity contribution is -0.0679. The Labute approximate surface area is 125 Å². The highest BCUT2D eigenvalue weighted by Crippen LogP contribution is 2.34. The molecule has 21 heavy (non-hydrogen) atoms. The van der Waals surface area contributed by atoms with E-state index in [4.69, 9.17) is 9.84 Å². The number of hydrogen-bond acceptors (Lipinski definition) is 3. The molecule has 1 aliphatic carbocycles. The van der Waals surface area contributed by atoms with Crippen molar-refractivity contribution in [1.29, 1.82) is 0 Å². The highest BCUT2D eigenvalue weighted by Gasteiger charge is 2.37. The van der Waals surface area contributed by atoms with Gasteiger partial charge < -0.3 is 15.2 Å². The summed E-state index contributed by atoms with van der Waals surface area (Å²) in [5.74, 6) is 5.27. The van der Waals surface area contributed by atoms with E-state index >= 15 is 0 Å². The molecule has 0 spiro atoms. The summed E-state index contributed by atoms with van der Waals surface area (Å²) in [6.07, 6.45) is 3.10. The zero-order chi connectivity index (χ0) is 15.3. The van der Waals surface area contributed by atoms with Gasteiger partial charge in [0, 0.05) is 19.2 Å². The number of amides is 1. The van der Waals surface area contributed by atoms with Crippen LogP contribution in [0.3, 0.4) is 0 Å². The first-order valence-corrected chi connectivity index (χ1v) is 7.14. The molecule has 1 fully saturated rings. The Hall–Kier alpha value is -1.83. The molecule has 4 nitrogen and oxygen atoms in total. The van der Waals surface area contributed by atoms with E-state index in [2.05, 4.69) is 17.2 Å². The maximum Gasteiger partial charge on any atom is 0.252 e. The van der Waals surface area contributed by atoms with E-state index in [0.29, 0.717) is 17.7 Å². The zero-order valence-corrected chi connectivity index (χ0v) is 12.5. The van der Waals surface area contributed by atoms with E-state index in [0.717, 1.165) is 24.8 Å². The van der Waals surface area contributed by atoms with E-state index in [-0.39, 0.29) is 18.1 Å². The van der Waals surface area contributed by atoms with Gasteiger partial charge in [0.05, 0.1) is 11.2 Å². The zero-order valence-electron chi connectivity index (χ0n) is 12.5. The fraction of sp³-hybridized carbons (Fsp3) is 0.471. The van der Waals surface area contributed by atoms with Crippen LogP contribution < -0.4 is 5.32 Å². The SMILES string of the molecule is COC1(CNC(=O)c2ccc(C)cc2C#CCO)CCC1. The van der Waals surface area contributed by atoms with Gasteiger partial charge in [-0.15, -0.1) is 0 Å². The highest BCUT2D eigenvalue weighted by atomic mass is 16.5. The lowest BCUT2D eigenvalue weighted by Gasteiger charge is -2.40. The third-order valence-electron chi connectivity index (χ3n) is 3.99. The minimum absolute atomic E-state index is 0.152. The molecule has 0 radical (unpaired) electrons. The quantitative estimate of drug-likeness (QED) is 0.828. The lowest BCUT2D eigenvalue weighted by atomic mass is 9.80. The van der Waals surface area contributed by atoms with Crippen LogP contribution in [0, 0.1) is 18.8 Å². The topological polar surface area (TPSA) is 58.6 Å². The molecule has 1 aromatic rings. The van der Waals surface area contributed by atoms with Gasteiger partial charge in [0.15, 0.2) is 0 Å². The number of methoxy groups -OCH3 is 1. The summed E-state index contributed by atoms with van der Waals surface area (Å²) in [7, 11) is 1.69. The largest absolute Gasteiger partial charge is 0.384 e. The average Bonchev–Trinajstić information content (AvgIpc) is 2.44. The van der Waals surface area contributed by atoms with E-state index in [1.54, 1.807) is 13.2 Å². The van der Waals surface area contributed by atoms with Crippen LogP contribution in [0.5, 0.6) is 0 Å². The molecule has 2 N–H and O–H groups in total.